The fourth-order valence-electron chi connectivity index (χ4n) is 5.24. The topological polar surface area (TPSA) is 71.5 Å². The van der Waals surface area contributed by atoms with Gasteiger partial charge in [-0.3, -0.25) is 0 Å². The van der Waals surface area contributed by atoms with Crippen LogP contribution in [0.15, 0.2) is 48.7 Å². The van der Waals surface area contributed by atoms with Crippen molar-refractivity contribution in [1.29, 1.82) is 0 Å². The lowest BCUT2D eigenvalue weighted by Crippen LogP contribution is -2.53. The van der Waals surface area contributed by atoms with E-state index < -0.39 is 27.8 Å². The second-order valence-electron chi connectivity index (χ2n) is 9.58. The smallest absolute Gasteiger partial charge is 0.378 e. The predicted molar refractivity (Wildman–Crippen MR) is 129 cm³/mol. The Morgan fingerprint density at radius 3 is 2.43 bits per heavy atom. The Morgan fingerprint density at radius 1 is 1.06 bits per heavy atom. The zero-order valence-electron chi connectivity index (χ0n) is 19.7. The number of aromatic nitrogens is 1. The number of sulfonamides is 1. The molecule has 1 aromatic carbocycles. The lowest BCUT2D eigenvalue weighted by atomic mass is 9.82. The van der Waals surface area contributed by atoms with Gasteiger partial charge in [0.25, 0.3) is 0 Å². The van der Waals surface area contributed by atoms with Crippen LogP contribution in [0.3, 0.4) is 0 Å². The number of halogens is 3. The molecule has 1 aliphatic heterocycles. The number of nitrogens with zero attached hydrogens (tertiary/aromatic N) is 2. The van der Waals surface area contributed by atoms with E-state index in [0.717, 1.165) is 38.0 Å². The highest BCUT2D eigenvalue weighted by atomic mass is 32.2. The van der Waals surface area contributed by atoms with Gasteiger partial charge >= 0.3 is 6.18 Å². The number of anilines is 1. The van der Waals surface area contributed by atoms with Crippen molar-refractivity contribution in [3.8, 4) is 0 Å². The van der Waals surface area contributed by atoms with E-state index in [-0.39, 0.29) is 37.5 Å². The molecular formula is C25H32F3N3O3S. The van der Waals surface area contributed by atoms with Crippen molar-refractivity contribution in [2.45, 2.75) is 56.3 Å². The molecule has 2 heterocycles. The Hall–Kier alpha value is -2.17. The normalized spacial score (nSPS) is 26.0. The molecule has 2 fully saturated rings. The highest BCUT2D eigenvalue weighted by Crippen LogP contribution is 2.37. The summed E-state index contributed by atoms with van der Waals surface area (Å²) >= 11 is 0. The van der Waals surface area contributed by atoms with Crippen molar-refractivity contribution in [2.24, 2.45) is 5.92 Å². The summed E-state index contributed by atoms with van der Waals surface area (Å²) in [7, 11) is -3.47. The molecule has 10 heteroatoms. The van der Waals surface area contributed by atoms with Crippen LogP contribution in [0.1, 0.15) is 49.1 Å². The van der Waals surface area contributed by atoms with Crippen LogP contribution in [0.4, 0.5) is 19.0 Å². The van der Waals surface area contributed by atoms with Gasteiger partial charge < -0.3 is 9.64 Å². The molecule has 6 nitrogen and oxygen atoms in total. The zero-order chi connectivity index (χ0) is 25.1. The SMILES string of the molecule is CS(=O)(=O)N[C@H]1CCN(c2ncccc2C(F)(F)F)CC1COC1CCC(c2ccccc2)CC1. The van der Waals surface area contributed by atoms with Gasteiger partial charge in [-0.25, -0.2) is 18.1 Å². The van der Waals surface area contributed by atoms with Gasteiger partial charge in [0.1, 0.15) is 5.82 Å². The number of hydrogen-bond donors (Lipinski definition) is 1. The molecule has 0 radical (unpaired) electrons. The van der Waals surface area contributed by atoms with Crippen LogP contribution in [0.25, 0.3) is 0 Å². The Bertz CT molecular complexity index is 1070. The van der Waals surface area contributed by atoms with Gasteiger partial charge in [-0.2, -0.15) is 13.2 Å². The largest absolute Gasteiger partial charge is 0.419 e. The van der Waals surface area contributed by atoms with Crippen molar-refractivity contribution in [3.63, 3.8) is 0 Å². The number of ether oxygens (including phenoxy) is 1. The zero-order valence-corrected chi connectivity index (χ0v) is 20.6. The van der Waals surface area contributed by atoms with Gasteiger partial charge in [-0.1, -0.05) is 30.3 Å². The molecule has 0 spiro atoms. The second-order valence-corrected chi connectivity index (χ2v) is 11.4. The molecule has 1 aliphatic carbocycles. The maximum absolute atomic E-state index is 13.6. The average Bonchev–Trinajstić information content (AvgIpc) is 2.83. The highest BCUT2D eigenvalue weighted by Gasteiger charge is 2.39. The summed E-state index contributed by atoms with van der Waals surface area (Å²) < 4.78 is 73.4. The van der Waals surface area contributed by atoms with Gasteiger partial charge in [0, 0.05) is 31.2 Å². The van der Waals surface area contributed by atoms with Gasteiger partial charge in [0.05, 0.1) is 24.5 Å². The van der Waals surface area contributed by atoms with Crippen molar-refractivity contribution in [3.05, 3.63) is 59.8 Å². The Balaban J connectivity index is 1.41. The standard InChI is InChI=1S/C25H32F3N3O3S/c1-35(32,33)30-23-13-15-31(24-22(25(26,27)28)8-5-14-29-24)16-20(23)17-34-21-11-9-19(10-12-21)18-6-3-2-4-7-18/h2-8,14,19-21,23,30H,9-13,15-17H2,1H3/t19?,20?,21?,23-/m0/s1. The fourth-order valence-corrected chi connectivity index (χ4v) is 6.10. The van der Waals surface area contributed by atoms with Crippen LogP contribution in [0, 0.1) is 5.92 Å². The molecule has 1 N–H and O–H groups in total. The van der Waals surface area contributed by atoms with E-state index in [4.69, 9.17) is 4.74 Å². The van der Waals surface area contributed by atoms with Crippen molar-refractivity contribution < 1.29 is 26.3 Å². The van der Waals surface area contributed by atoms with Gasteiger partial charge in [0.2, 0.25) is 10.0 Å². The summed E-state index contributed by atoms with van der Waals surface area (Å²) in [5.41, 5.74) is 0.551. The fraction of sp³-hybridized carbons (Fsp3) is 0.560. The van der Waals surface area contributed by atoms with Crippen LogP contribution >= 0.6 is 0 Å². The number of benzene rings is 1. The van der Waals surface area contributed by atoms with Crippen molar-refractivity contribution >= 4 is 15.8 Å². The Kier molecular flexibility index (Phi) is 8.02. The van der Waals surface area contributed by atoms with Crippen LogP contribution in [-0.4, -0.2) is 51.5 Å². The molecule has 2 aromatic rings. The third-order valence-corrected chi connectivity index (χ3v) is 7.71. The molecule has 1 aromatic heterocycles. The van der Waals surface area contributed by atoms with Crippen LogP contribution in [0.5, 0.6) is 0 Å². The number of hydrogen-bond acceptors (Lipinski definition) is 5. The Labute approximate surface area is 204 Å². The molecule has 4 rings (SSSR count). The summed E-state index contributed by atoms with van der Waals surface area (Å²) in [6.07, 6.45) is 2.19. The monoisotopic (exact) mass is 511 g/mol. The first-order valence-corrected chi connectivity index (χ1v) is 13.9. The quantitative estimate of drug-likeness (QED) is 0.589. The second kappa shape index (κ2) is 10.8. The maximum Gasteiger partial charge on any atom is 0.419 e. The molecule has 192 valence electrons. The Morgan fingerprint density at radius 2 is 1.77 bits per heavy atom. The molecule has 1 saturated carbocycles. The number of pyridine rings is 1. The predicted octanol–water partition coefficient (Wildman–Crippen LogP) is 4.59. The average molecular weight is 512 g/mol. The molecule has 35 heavy (non-hydrogen) atoms. The molecule has 1 saturated heterocycles. The lowest BCUT2D eigenvalue weighted by Gasteiger charge is -2.40. The molecule has 1 unspecified atom stereocenters. The third-order valence-electron chi connectivity index (χ3n) is 6.98. The molecule has 0 amide bonds. The van der Waals surface area contributed by atoms with Crippen molar-refractivity contribution in [1.82, 2.24) is 9.71 Å². The van der Waals surface area contributed by atoms with Gasteiger partial charge in [-0.05, 0) is 55.7 Å². The minimum atomic E-state index is -4.52. The summed E-state index contributed by atoms with van der Waals surface area (Å²) in [6.45, 7) is 0.775. The number of alkyl halides is 3. The molecule has 2 atom stereocenters. The molecular weight excluding hydrogens is 479 g/mol. The van der Waals surface area contributed by atoms with E-state index in [1.807, 2.05) is 18.2 Å². The van der Waals surface area contributed by atoms with E-state index in [1.165, 1.54) is 17.8 Å². The van der Waals surface area contributed by atoms with Crippen molar-refractivity contribution in [2.75, 3.05) is 30.9 Å². The van der Waals surface area contributed by atoms with Crippen LogP contribution in [-0.2, 0) is 20.9 Å². The minimum absolute atomic E-state index is 0.0600. The summed E-state index contributed by atoms with van der Waals surface area (Å²) in [5.74, 6) is 0.0883. The third kappa shape index (κ3) is 6.95. The van der Waals surface area contributed by atoms with E-state index >= 15 is 0 Å². The van der Waals surface area contributed by atoms with E-state index in [1.54, 1.807) is 4.90 Å². The molecule has 2 aliphatic rings. The van der Waals surface area contributed by atoms with Crippen LogP contribution in [0.2, 0.25) is 0 Å². The molecule has 0 bridgehead atoms. The first kappa shape index (κ1) is 25.9. The highest BCUT2D eigenvalue weighted by molar-refractivity contribution is 7.88. The van der Waals surface area contributed by atoms with E-state index in [9.17, 15) is 21.6 Å². The first-order valence-electron chi connectivity index (χ1n) is 12.0. The van der Waals surface area contributed by atoms with Crippen LogP contribution < -0.4 is 9.62 Å². The van der Waals surface area contributed by atoms with Gasteiger partial charge in [-0.15, -0.1) is 0 Å². The first-order chi connectivity index (χ1) is 16.6. The lowest BCUT2D eigenvalue weighted by molar-refractivity contribution is -0.137. The summed E-state index contributed by atoms with van der Waals surface area (Å²) in [4.78, 5) is 5.62. The maximum atomic E-state index is 13.6. The van der Waals surface area contributed by atoms with Gasteiger partial charge in [0.15, 0.2) is 0 Å². The number of rotatable bonds is 7. The van der Waals surface area contributed by atoms with E-state index in [2.05, 4.69) is 21.8 Å². The number of piperidine rings is 1. The number of nitrogens with one attached hydrogen (secondary N) is 1. The summed E-state index contributed by atoms with van der Waals surface area (Å²) in [6, 6.07) is 12.3. The summed E-state index contributed by atoms with van der Waals surface area (Å²) in [5, 5.41) is 0. The minimum Gasteiger partial charge on any atom is -0.378 e. The van der Waals surface area contributed by atoms with E-state index in [0.29, 0.717) is 12.3 Å².